The summed E-state index contributed by atoms with van der Waals surface area (Å²) < 4.78 is 5.15. The van der Waals surface area contributed by atoms with Gasteiger partial charge in [-0.2, -0.15) is 0 Å². The van der Waals surface area contributed by atoms with Gasteiger partial charge in [0.15, 0.2) is 0 Å². The standard InChI is InChI=1S/C12H14ClNO3/c1-7-4-10(11(17-3)5-9(7)13)14-6-8(2)12(15)16/h4-5,14H,2,6H2,1,3H3,(H,15,16). The first-order chi connectivity index (χ1) is 7.95. The molecule has 0 unspecified atom stereocenters. The van der Waals surface area contributed by atoms with Gasteiger partial charge in [0.1, 0.15) is 5.75 Å². The van der Waals surface area contributed by atoms with Crippen molar-refractivity contribution in [2.45, 2.75) is 6.92 Å². The number of rotatable bonds is 5. The lowest BCUT2D eigenvalue weighted by Crippen LogP contribution is -2.11. The van der Waals surface area contributed by atoms with Crippen molar-refractivity contribution in [3.05, 3.63) is 34.9 Å². The fourth-order valence-corrected chi connectivity index (χ4v) is 1.40. The summed E-state index contributed by atoms with van der Waals surface area (Å²) in [6, 6.07) is 3.49. The Labute approximate surface area is 105 Å². The Morgan fingerprint density at radius 2 is 2.24 bits per heavy atom. The molecule has 0 spiro atoms. The van der Waals surface area contributed by atoms with Crippen molar-refractivity contribution >= 4 is 23.3 Å². The van der Waals surface area contributed by atoms with Gasteiger partial charge in [0, 0.05) is 23.2 Å². The summed E-state index contributed by atoms with van der Waals surface area (Å²) >= 11 is 5.96. The first-order valence-corrected chi connectivity index (χ1v) is 5.32. The van der Waals surface area contributed by atoms with Crippen LogP contribution in [0.1, 0.15) is 5.56 Å². The van der Waals surface area contributed by atoms with Crippen LogP contribution in [-0.2, 0) is 4.79 Å². The number of carboxylic acid groups (broad SMARTS) is 1. The van der Waals surface area contributed by atoms with Crippen LogP contribution in [0.2, 0.25) is 5.02 Å². The highest BCUT2D eigenvalue weighted by molar-refractivity contribution is 6.31. The van der Waals surface area contributed by atoms with Crippen LogP contribution in [0.15, 0.2) is 24.3 Å². The molecule has 1 rings (SSSR count). The quantitative estimate of drug-likeness (QED) is 0.795. The van der Waals surface area contributed by atoms with Gasteiger partial charge in [-0.3, -0.25) is 0 Å². The third-order valence-corrected chi connectivity index (χ3v) is 2.68. The molecule has 0 aromatic heterocycles. The molecule has 2 N–H and O–H groups in total. The minimum atomic E-state index is -1.03. The summed E-state index contributed by atoms with van der Waals surface area (Å²) in [5.41, 5.74) is 1.66. The van der Waals surface area contributed by atoms with Gasteiger partial charge in [-0.15, -0.1) is 0 Å². The van der Waals surface area contributed by atoms with Gasteiger partial charge in [-0.1, -0.05) is 18.2 Å². The molecule has 0 aliphatic rings. The number of carbonyl (C=O) groups is 1. The van der Waals surface area contributed by atoms with E-state index in [0.717, 1.165) is 5.56 Å². The monoisotopic (exact) mass is 255 g/mol. The van der Waals surface area contributed by atoms with Gasteiger partial charge in [-0.05, 0) is 18.6 Å². The molecule has 0 atom stereocenters. The molecule has 0 heterocycles. The summed E-state index contributed by atoms with van der Waals surface area (Å²) in [4.78, 5) is 10.6. The molecule has 0 fully saturated rings. The average Bonchev–Trinajstić information content (AvgIpc) is 2.29. The van der Waals surface area contributed by atoms with Crippen LogP contribution in [0.5, 0.6) is 5.75 Å². The Bertz CT molecular complexity index is 457. The number of methoxy groups -OCH3 is 1. The number of aryl methyl sites for hydroxylation is 1. The van der Waals surface area contributed by atoms with Crippen molar-refractivity contribution in [1.82, 2.24) is 0 Å². The van der Waals surface area contributed by atoms with Crippen molar-refractivity contribution in [2.24, 2.45) is 0 Å². The molecule has 0 saturated heterocycles. The van der Waals surface area contributed by atoms with E-state index in [2.05, 4.69) is 11.9 Å². The molecule has 0 saturated carbocycles. The van der Waals surface area contributed by atoms with Gasteiger partial charge in [0.25, 0.3) is 0 Å². The minimum absolute atomic E-state index is 0.0830. The maximum Gasteiger partial charge on any atom is 0.332 e. The number of ether oxygens (including phenoxy) is 1. The third-order valence-electron chi connectivity index (χ3n) is 2.28. The second-order valence-electron chi connectivity index (χ2n) is 3.56. The van der Waals surface area contributed by atoms with Crippen LogP contribution in [-0.4, -0.2) is 24.7 Å². The number of nitrogens with one attached hydrogen (secondary N) is 1. The predicted octanol–water partition coefficient (Wildman–Crippen LogP) is 2.71. The molecule has 0 bridgehead atoms. The molecule has 4 nitrogen and oxygen atoms in total. The Hall–Kier alpha value is -1.68. The highest BCUT2D eigenvalue weighted by Gasteiger charge is 2.09. The van der Waals surface area contributed by atoms with E-state index in [1.807, 2.05) is 6.92 Å². The largest absolute Gasteiger partial charge is 0.495 e. The van der Waals surface area contributed by atoms with E-state index in [1.54, 1.807) is 12.1 Å². The number of carboxylic acids is 1. The number of anilines is 1. The van der Waals surface area contributed by atoms with Gasteiger partial charge < -0.3 is 15.2 Å². The summed E-state index contributed by atoms with van der Waals surface area (Å²) in [7, 11) is 1.53. The second kappa shape index (κ2) is 5.59. The lowest BCUT2D eigenvalue weighted by atomic mass is 10.2. The highest BCUT2D eigenvalue weighted by Crippen LogP contribution is 2.30. The Balaban J connectivity index is 2.87. The normalized spacial score (nSPS) is 9.82. The summed E-state index contributed by atoms with van der Waals surface area (Å²) in [5, 5.41) is 12.2. The van der Waals surface area contributed by atoms with Crippen molar-refractivity contribution in [1.29, 1.82) is 0 Å². The van der Waals surface area contributed by atoms with Crippen LogP contribution < -0.4 is 10.1 Å². The van der Waals surface area contributed by atoms with Gasteiger partial charge in [0.2, 0.25) is 0 Å². The maximum atomic E-state index is 10.6. The van der Waals surface area contributed by atoms with Crippen LogP contribution in [0.4, 0.5) is 5.69 Å². The zero-order chi connectivity index (χ0) is 13.0. The van der Waals surface area contributed by atoms with E-state index in [0.29, 0.717) is 16.5 Å². The molecule has 5 heteroatoms. The summed E-state index contributed by atoms with van der Waals surface area (Å²) in [6.07, 6.45) is 0. The van der Waals surface area contributed by atoms with E-state index in [-0.39, 0.29) is 12.1 Å². The van der Waals surface area contributed by atoms with Crippen LogP contribution in [0.25, 0.3) is 0 Å². The van der Waals surface area contributed by atoms with E-state index >= 15 is 0 Å². The Kier molecular flexibility index (Phi) is 4.40. The first kappa shape index (κ1) is 13.4. The van der Waals surface area contributed by atoms with Crippen molar-refractivity contribution in [3.8, 4) is 5.75 Å². The van der Waals surface area contributed by atoms with Gasteiger partial charge in [0.05, 0.1) is 12.8 Å². The van der Waals surface area contributed by atoms with E-state index in [4.69, 9.17) is 21.4 Å². The lowest BCUT2D eigenvalue weighted by Gasteiger charge is -2.13. The number of hydrogen-bond acceptors (Lipinski definition) is 3. The van der Waals surface area contributed by atoms with Crippen molar-refractivity contribution in [3.63, 3.8) is 0 Å². The average molecular weight is 256 g/mol. The highest BCUT2D eigenvalue weighted by atomic mass is 35.5. The van der Waals surface area contributed by atoms with Crippen LogP contribution >= 0.6 is 11.6 Å². The molecule has 1 aromatic rings. The molecule has 0 aliphatic heterocycles. The van der Waals surface area contributed by atoms with Crippen molar-refractivity contribution in [2.75, 3.05) is 19.0 Å². The van der Waals surface area contributed by atoms with Crippen molar-refractivity contribution < 1.29 is 14.6 Å². The molecule has 92 valence electrons. The number of halogens is 1. The van der Waals surface area contributed by atoms with Gasteiger partial charge in [-0.25, -0.2) is 4.79 Å². The van der Waals surface area contributed by atoms with Gasteiger partial charge >= 0.3 is 5.97 Å². The topological polar surface area (TPSA) is 58.6 Å². The molecular formula is C12H14ClNO3. The predicted molar refractivity (Wildman–Crippen MR) is 68.0 cm³/mol. The number of hydrogen-bond donors (Lipinski definition) is 2. The van der Waals surface area contributed by atoms with E-state index in [9.17, 15) is 4.79 Å². The lowest BCUT2D eigenvalue weighted by molar-refractivity contribution is -0.132. The fourth-order valence-electron chi connectivity index (χ4n) is 1.25. The molecular weight excluding hydrogens is 242 g/mol. The number of benzene rings is 1. The second-order valence-corrected chi connectivity index (χ2v) is 3.97. The summed E-state index contributed by atoms with van der Waals surface area (Å²) in [6.45, 7) is 5.44. The number of aliphatic carboxylic acids is 1. The summed E-state index contributed by atoms with van der Waals surface area (Å²) in [5.74, 6) is -0.457. The Morgan fingerprint density at radius 1 is 1.59 bits per heavy atom. The molecule has 0 radical (unpaired) electrons. The van der Waals surface area contributed by atoms with E-state index < -0.39 is 5.97 Å². The fraction of sp³-hybridized carbons (Fsp3) is 0.250. The first-order valence-electron chi connectivity index (χ1n) is 4.94. The molecule has 0 amide bonds. The SMILES string of the molecule is C=C(CNc1cc(C)c(Cl)cc1OC)C(=O)O. The smallest absolute Gasteiger partial charge is 0.332 e. The maximum absolute atomic E-state index is 10.6. The van der Waals surface area contributed by atoms with Crippen LogP contribution in [0, 0.1) is 6.92 Å². The zero-order valence-electron chi connectivity index (χ0n) is 9.71. The zero-order valence-corrected chi connectivity index (χ0v) is 10.5. The Morgan fingerprint density at radius 3 is 2.76 bits per heavy atom. The molecule has 17 heavy (non-hydrogen) atoms. The molecule has 0 aliphatic carbocycles. The minimum Gasteiger partial charge on any atom is -0.495 e. The third kappa shape index (κ3) is 3.39. The van der Waals surface area contributed by atoms with E-state index in [1.165, 1.54) is 7.11 Å². The van der Waals surface area contributed by atoms with Crippen LogP contribution in [0.3, 0.4) is 0 Å². The molecule has 1 aromatic carbocycles.